The van der Waals surface area contributed by atoms with Crippen LogP contribution in [0.4, 0.5) is 5.95 Å². The van der Waals surface area contributed by atoms with Crippen LogP contribution in [-0.4, -0.2) is 35.2 Å². The molecule has 110 valence electrons. The number of methoxy groups -OCH3 is 2. The van der Waals surface area contributed by atoms with Gasteiger partial charge in [0.25, 0.3) is 5.91 Å². The van der Waals surface area contributed by atoms with Crippen LogP contribution in [0.15, 0.2) is 24.3 Å². The van der Waals surface area contributed by atoms with Gasteiger partial charge in [0.05, 0.1) is 19.8 Å². The highest BCUT2D eigenvalue weighted by Gasteiger charge is 2.14. The van der Waals surface area contributed by atoms with Gasteiger partial charge in [0, 0.05) is 12.1 Å². The number of ether oxygens (including phenoxy) is 2. The summed E-state index contributed by atoms with van der Waals surface area (Å²) in [4.78, 5) is 19.8. The maximum absolute atomic E-state index is 12.1. The second-order valence-corrected chi connectivity index (χ2v) is 4.28. The van der Waals surface area contributed by atoms with Crippen LogP contribution in [0.3, 0.4) is 0 Å². The Morgan fingerprint density at radius 3 is 2.62 bits per heavy atom. The summed E-state index contributed by atoms with van der Waals surface area (Å²) in [6.07, 6.45) is 0. The molecule has 0 fully saturated rings. The standard InChI is InChI=1S/C13H12ClN3O4/c1-20-7-3-4-8(9(18)5-7)12(19)17-13-15-10(14)6-11(16-13)21-2/h3-6,18H,1-2H3,(H,15,16,17,19). The van der Waals surface area contributed by atoms with E-state index >= 15 is 0 Å². The molecule has 0 radical (unpaired) electrons. The zero-order valence-electron chi connectivity index (χ0n) is 11.3. The molecular formula is C13H12ClN3O4. The molecule has 0 spiro atoms. The molecule has 2 aromatic rings. The fraction of sp³-hybridized carbons (Fsp3) is 0.154. The molecule has 0 aliphatic carbocycles. The Bertz CT molecular complexity index is 678. The predicted molar refractivity (Wildman–Crippen MR) is 76.2 cm³/mol. The smallest absolute Gasteiger partial charge is 0.261 e. The summed E-state index contributed by atoms with van der Waals surface area (Å²) in [6.45, 7) is 0. The number of carbonyl (C=O) groups excluding carboxylic acids is 1. The van der Waals surface area contributed by atoms with Crippen LogP contribution in [-0.2, 0) is 0 Å². The van der Waals surface area contributed by atoms with Crippen LogP contribution < -0.4 is 14.8 Å². The highest BCUT2D eigenvalue weighted by atomic mass is 35.5. The third kappa shape index (κ3) is 3.51. The van der Waals surface area contributed by atoms with Gasteiger partial charge in [0.2, 0.25) is 11.8 Å². The van der Waals surface area contributed by atoms with Gasteiger partial charge in [-0.3, -0.25) is 10.1 Å². The van der Waals surface area contributed by atoms with Gasteiger partial charge in [0.1, 0.15) is 16.7 Å². The van der Waals surface area contributed by atoms with Gasteiger partial charge in [-0.05, 0) is 12.1 Å². The van der Waals surface area contributed by atoms with Gasteiger partial charge >= 0.3 is 0 Å². The molecule has 1 aromatic heterocycles. The number of hydrogen-bond donors (Lipinski definition) is 2. The lowest BCUT2D eigenvalue weighted by Gasteiger charge is -2.08. The number of nitrogens with one attached hydrogen (secondary N) is 1. The van der Waals surface area contributed by atoms with Crippen molar-refractivity contribution in [3.63, 3.8) is 0 Å². The van der Waals surface area contributed by atoms with E-state index in [0.29, 0.717) is 5.75 Å². The molecule has 1 heterocycles. The fourth-order valence-corrected chi connectivity index (χ4v) is 1.73. The van der Waals surface area contributed by atoms with E-state index in [4.69, 9.17) is 21.1 Å². The van der Waals surface area contributed by atoms with Crippen LogP contribution in [0.25, 0.3) is 0 Å². The molecule has 2 rings (SSSR count). The number of aromatic nitrogens is 2. The first kappa shape index (κ1) is 14.9. The van der Waals surface area contributed by atoms with Crippen molar-refractivity contribution in [3.05, 3.63) is 35.0 Å². The molecule has 7 nitrogen and oxygen atoms in total. The van der Waals surface area contributed by atoms with Crippen LogP contribution in [0.1, 0.15) is 10.4 Å². The van der Waals surface area contributed by atoms with Gasteiger partial charge in [-0.25, -0.2) is 4.98 Å². The number of carbonyl (C=O) groups is 1. The van der Waals surface area contributed by atoms with Crippen LogP contribution in [0, 0.1) is 0 Å². The Morgan fingerprint density at radius 2 is 2.00 bits per heavy atom. The largest absolute Gasteiger partial charge is 0.507 e. The van der Waals surface area contributed by atoms with Crippen molar-refractivity contribution in [2.45, 2.75) is 0 Å². The molecule has 0 aliphatic heterocycles. The Balaban J connectivity index is 2.23. The highest BCUT2D eigenvalue weighted by Crippen LogP contribution is 2.24. The van der Waals surface area contributed by atoms with Crippen LogP contribution in [0.2, 0.25) is 5.15 Å². The van der Waals surface area contributed by atoms with Crippen molar-refractivity contribution >= 4 is 23.5 Å². The van der Waals surface area contributed by atoms with E-state index in [1.54, 1.807) is 6.07 Å². The molecule has 0 aliphatic rings. The van der Waals surface area contributed by atoms with Crippen LogP contribution in [0.5, 0.6) is 17.4 Å². The number of amides is 1. The minimum absolute atomic E-state index is 0.0282. The Hall–Kier alpha value is -2.54. The number of phenols is 1. The van der Waals surface area contributed by atoms with Crippen molar-refractivity contribution in [2.24, 2.45) is 0 Å². The lowest BCUT2D eigenvalue weighted by Crippen LogP contribution is -2.14. The monoisotopic (exact) mass is 309 g/mol. The maximum Gasteiger partial charge on any atom is 0.261 e. The number of hydrogen-bond acceptors (Lipinski definition) is 6. The van der Waals surface area contributed by atoms with Crippen molar-refractivity contribution in [1.82, 2.24) is 9.97 Å². The number of anilines is 1. The molecule has 1 amide bonds. The fourth-order valence-electron chi connectivity index (χ4n) is 1.56. The second-order valence-electron chi connectivity index (χ2n) is 3.89. The number of halogens is 1. The highest BCUT2D eigenvalue weighted by molar-refractivity contribution is 6.29. The summed E-state index contributed by atoms with van der Waals surface area (Å²) < 4.78 is 9.87. The first-order valence-corrected chi connectivity index (χ1v) is 6.18. The molecule has 2 N–H and O–H groups in total. The SMILES string of the molecule is COc1ccc(C(=O)Nc2nc(Cl)cc(OC)n2)c(O)c1. The third-order valence-corrected chi connectivity index (χ3v) is 2.75. The summed E-state index contributed by atoms with van der Waals surface area (Å²) in [7, 11) is 2.88. The minimum Gasteiger partial charge on any atom is -0.507 e. The lowest BCUT2D eigenvalue weighted by molar-refractivity contribution is 0.102. The third-order valence-electron chi connectivity index (χ3n) is 2.56. The molecule has 0 atom stereocenters. The normalized spacial score (nSPS) is 10.0. The number of rotatable bonds is 4. The van der Waals surface area contributed by atoms with Gasteiger partial charge in [-0.2, -0.15) is 4.98 Å². The molecule has 0 saturated carbocycles. The average molecular weight is 310 g/mol. The molecule has 0 bridgehead atoms. The van der Waals surface area contributed by atoms with Crippen molar-refractivity contribution in [1.29, 1.82) is 0 Å². The Morgan fingerprint density at radius 1 is 1.24 bits per heavy atom. The molecule has 0 saturated heterocycles. The zero-order chi connectivity index (χ0) is 15.4. The summed E-state index contributed by atoms with van der Waals surface area (Å²) in [6, 6.07) is 5.70. The van der Waals surface area contributed by atoms with Crippen molar-refractivity contribution in [3.8, 4) is 17.4 Å². The summed E-state index contributed by atoms with van der Waals surface area (Å²) >= 11 is 5.78. The van der Waals surface area contributed by atoms with E-state index in [1.165, 1.54) is 32.4 Å². The van der Waals surface area contributed by atoms with Crippen LogP contribution >= 0.6 is 11.6 Å². The van der Waals surface area contributed by atoms with Gasteiger partial charge in [-0.1, -0.05) is 11.6 Å². The average Bonchev–Trinajstić information content (AvgIpc) is 2.46. The maximum atomic E-state index is 12.1. The second kappa shape index (κ2) is 6.27. The number of nitrogens with zero attached hydrogens (tertiary/aromatic N) is 2. The summed E-state index contributed by atoms with van der Waals surface area (Å²) in [5.74, 6) is -0.186. The minimum atomic E-state index is -0.584. The first-order valence-electron chi connectivity index (χ1n) is 5.80. The van der Waals surface area contributed by atoms with Crippen molar-refractivity contribution < 1.29 is 19.4 Å². The quantitative estimate of drug-likeness (QED) is 0.840. The predicted octanol–water partition coefficient (Wildman–Crippen LogP) is 2.11. The Labute approximate surface area is 125 Å². The van der Waals surface area contributed by atoms with E-state index in [0.717, 1.165) is 0 Å². The zero-order valence-corrected chi connectivity index (χ0v) is 12.0. The van der Waals surface area contributed by atoms with Crippen molar-refractivity contribution in [2.75, 3.05) is 19.5 Å². The topological polar surface area (TPSA) is 93.6 Å². The van der Waals surface area contributed by atoms with Gasteiger partial charge in [0.15, 0.2) is 0 Å². The Kier molecular flexibility index (Phi) is 4.44. The first-order chi connectivity index (χ1) is 10.0. The van der Waals surface area contributed by atoms with E-state index < -0.39 is 5.91 Å². The van der Waals surface area contributed by atoms with Gasteiger partial charge < -0.3 is 14.6 Å². The molecular weight excluding hydrogens is 298 g/mol. The van der Waals surface area contributed by atoms with Gasteiger partial charge in [-0.15, -0.1) is 0 Å². The lowest BCUT2D eigenvalue weighted by atomic mass is 10.2. The molecule has 8 heteroatoms. The molecule has 21 heavy (non-hydrogen) atoms. The van der Waals surface area contributed by atoms with E-state index in [9.17, 15) is 9.90 Å². The summed E-state index contributed by atoms with van der Waals surface area (Å²) in [5, 5.41) is 12.3. The summed E-state index contributed by atoms with van der Waals surface area (Å²) in [5.41, 5.74) is 0.0540. The van der Waals surface area contributed by atoms with E-state index in [2.05, 4.69) is 15.3 Å². The van der Waals surface area contributed by atoms with E-state index in [1.807, 2.05) is 0 Å². The number of aromatic hydroxyl groups is 1. The number of phenolic OH excluding ortho intramolecular Hbond substituents is 1. The molecule has 0 unspecified atom stereocenters. The van der Waals surface area contributed by atoms with E-state index in [-0.39, 0.29) is 28.3 Å². The molecule has 1 aromatic carbocycles. The number of benzene rings is 1.